The molecule has 0 unspecified atom stereocenters. The van der Waals surface area contributed by atoms with Crippen LogP contribution in [0.5, 0.6) is 0 Å². The van der Waals surface area contributed by atoms with Crippen molar-refractivity contribution in [1.82, 2.24) is 15.3 Å². The summed E-state index contributed by atoms with van der Waals surface area (Å²) in [4.78, 5) is 20.9. The second kappa shape index (κ2) is 7.73. The van der Waals surface area contributed by atoms with Gasteiger partial charge in [-0.1, -0.05) is 13.3 Å². The van der Waals surface area contributed by atoms with Crippen LogP contribution in [0.25, 0.3) is 0 Å². The lowest BCUT2D eigenvalue weighted by molar-refractivity contribution is 0.0950. The van der Waals surface area contributed by atoms with E-state index in [1.165, 1.54) is 11.3 Å². The number of hydrogen-bond acceptors (Lipinski definition) is 5. The van der Waals surface area contributed by atoms with Crippen molar-refractivity contribution in [3.8, 4) is 0 Å². The third-order valence-electron chi connectivity index (χ3n) is 2.89. The SMILES string of the molecule is CCCc1cc(C(=O)NCc2nccs2)cc(NCC)n1. The Kier molecular flexibility index (Phi) is 5.68. The fourth-order valence-corrected chi connectivity index (χ4v) is 2.53. The van der Waals surface area contributed by atoms with E-state index in [0.29, 0.717) is 12.1 Å². The zero-order valence-corrected chi connectivity index (χ0v) is 13.2. The van der Waals surface area contributed by atoms with Gasteiger partial charge in [0.1, 0.15) is 10.8 Å². The van der Waals surface area contributed by atoms with Crippen molar-refractivity contribution < 1.29 is 4.79 Å². The Morgan fingerprint density at radius 2 is 2.19 bits per heavy atom. The summed E-state index contributed by atoms with van der Waals surface area (Å²) >= 11 is 1.53. The monoisotopic (exact) mass is 304 g/mol. The van der Waals surface area contributed by atoms with Crippen LogP contribution in [0, 0.1) is 0 Å². The summed E-state index contributed by atoms with van der Waals surface area (Å²) in [5.74, 6) is 0.659. The smallest absolute Gasteiger partial charge is 0.251 e. The van der Waals surface area contributed by atoms with Crippen LogP contribution >= 0.6 is 11.3 Å². The maximum Gasteiger partial charge on any atom is 0.251 e. The van der Waals surface area contributed by atoms with Crippen LogP contribution in [0.2, 0.25) is 0 Å². The Balaban J connectivity index is 2.10. The van der Waals surface area contributed by atoms with Gasteiger partial charge < -0.3 is 10.6 Å². The molecule has 2 N–H and O–H groups in total. The second-order valence-corrected chi connectivity index (χ2v) is 5.60. The Bertz CT molecular complexity index is 559. The lowest BCUT2D eigenvalue weighted by Gasteiger charge is -2.09. The van der Waals surface area contributed by atoms with Crippen LogP contribution in [-0.4, -0.2) is 22.4 Å². The number of hydrogen-bond donors (Lipinski definition) is 2. The van der Waals surface area contributed by atoms with Crippen molar-refractivity contribution in [2.75, 3.05) is 11.9 Å². The average molecular weight is 304 g/mol. The van der Waals surface area contributed by atoms with E-state index >= 15 is 0 Å². The van der Waals surface area contributed by atoms with Gasteiger partial charge in [0.2, 0.25) is 0 Å². The Hall–Kier alpha value is -1.95. The number of nitrogens with zero attached hydrogens (tertiary/aromatic N) is 2. The van der Waals surface area contributed by atoms with E-state index in [1.807, 2.05) is 18.4 Å². The average Bonchev–Trinajstić information content (AvgIpc) is 2.98. The molecule has 112 valence electrons. The molecule has 2 aromatic heterocycles. The van der Waals surface area contributed by atoms with Crippen LogP contribution < -0.4 is 10.6 Å². The summed E-state index contributed by atoms with van der Waals surface area (Å²) in [6, 6.07) is 3.65. The van der Waals surface area contributed by atoms with Crippen LogP contribution in [0.1, 0.15) is 41.3 Å². The van der Waals surface area contributed by atoms with Crippen LogP contribution in [0.3, 0.4) is 0 Å². The molecule has 2 aromatic rings. The highest BCUT2D eigenvalue weighted by Crippen LogP contribution is 2.13. The summed E-state index contributed by atoms with van der Waals surface area (Å²) in [7, 11) is 0. The van der Waals surface area contributed by atoms with E-state index in [9.17, 15) is 4.79 Å². The first-order valence-electron chi connectivity index (χ1n) is 7.14. The van der Waals surface area contributed by atoms with Gasteiger partial charge >= 0.3 is 0 Å². The van der Waals surface area contributed by atoms with Gasteiger partial charge in [-0.25, -0.2) is 9.97 Å². The third kappa shape index (κ3) is 4.53. The first kappa shape index (κ1) is 15.4. The normalized spacial score (nSPS) is 10.4. The molecule has 0 aliphatic heterocycles. The van der Waals surface area contributed by atoms with Gasteiger partial charge in [0.25, 0.3) is 5.91 Å². The van der Waals surface area contributed by atoms with Gasteiger partial charge in [0, 0.05) is 29.4 Å². The van der Waals surface area contributed by atoms with Gasteiger partial charge in [0.15, 0.2) is 0 Å². The molecule has 0 aromatic carbocycles. The molecule has 21 heavy (non-hydrogen) atoms. The Morgan fingerprint density at radius 1 is 1.33 bits per heavy atom. The number of aromatic nitrogens is 2. The molecule has 0 saturated heterocycles. The molecule has 0 aliphatic rings. The number of amides is 1. The number of rotatable bonds is 7. The van der Waals surface area contributed by atoms with E-state index in [4.69, 9.17) is 0 Å². The minimum absolute atomic E-state index is 0.0934. The fraction of sp³-hybridized carbons (Fsp3) is 0.400. The predicted octanol–water partition coefficient (Wildman–Crippen LogP) is 2.85. The molecule has 0 saturated carbocycles. The summed E-state index contributed by atoms with van der Waals surface area (Å²) in [5.41, 5.74) is 1.58. The van der Waals surface area contributed by atoms with Crippen molar-refractivity contribution in [1.29, 1.82) is 0 Å². The summed E-state index contributed by atoms with van der Waals surface area (Å²) in [6.07, 6.45) is 3.61. The molecule has 2 rings (SSSR count). The molecular weight excluding hydrogens is 284 g/mol. The van der Waals surface area contributed by atoms with E-state index in [0.717, 1.165) is 35.9 Å². The second-order valence-electron chi connectivity index (χ2n) is 4.62. The molecule has 0 spiro atoms. The van der Waals surface area contributed by atoms with Crippen LogP contribution in [0.15, 0.2) is 23.7 Å². The van der Waals surface area contributed by atoms with Gasteiger partial charge in [-0.3, -0.25) is 4.79 Å². The van der Waals surface area contributed by atoms with Crippen molar-refractivity contribution in [3.05, 3.63) is 40.0 Å². The van der Waals surface area contributed by atoms with E-state index in [2.05, 4.69) is 27.5 Å². The molecule has 1 amide bonds. The summed E-state index contributed by atoms with van der Waals surface area (Å²) < 4.78 is 0. The van der Waals surface area contributed by atoms with Crippen molar-refractivity contribution in [2.45, 2.75) is 33.2 Å². The lowest BCUT2D eigenvalue weighted by Crippen LogP contribution is -2.23. The number of pyridine rings is 1. The standard InChI is InChI=1S/C15H20N4OS/c1-3-5-12-8-11(9-13(19-12)16-4-2)15(20)18-10-14-17-6-7-21-14/h6-9H,3-5,10H2,1-2H3,(H,16,19)(H,18,20). The number of nitrogens with one attached hydrogen (secondary N) is 2. The van der Waals surface area contributed by atoms with E-state index in [1.54, 1.807) is 12.3 Å². The van der Waals surface area contributed by atoms with E-state index in [-0.39, 0.29) is 5.91 Å². The van der Waals surface area contributed by atoms with Gasteiger partial charge in [0.05, 0.1) is 6.54 Å². The largest absolute Gasteiger partial charge is 0.370 e. The van der Waals surface area contributed by atoms with Gasteiger partial charge in [-0.05, 0) is 25.5 Å². The summed E-state index contributed by atoms with van der Waals surface area (Å²) in [6.45, 7) is 5.35. The number of aryl methyl sites for hydroxylation is 1. The molecule has 0 radical (unpaired) electrons. The third-order valence-corrected chi connectivity index (χ3v) is 3.67. The molecule has 6 heteroatoms. The fourth-order valence-electron chi connectivity index (χ4n) is 1.97. The summed E-state index contributed by atoms with van der Waals surface area (Å²) in [5, 5.41) is 8.86. The molecule has 2 heterocycles. The quantitative estimate of drug-likeness (QED) is 0.825. The first-order chi connectivity index (χ1) is 10.2. The van der Waals surface area contributed by atoms with E-state index < -0.39 is 0 Å². The highest BCUT2D eigenvalue weighted by molar-refractivity contribution is 7.09. The zero-order valence-electron chi connectivity index (χ0n) is 12.3. The Labute approximate surface area is 128 Å². The molecular formula is C15H20N4OS. The Morgan fingerprint density at radius 3 is 2.86 bits per heavy atom. The first-order valence-corrected chi connectivity index (χ1v) is 8.02. The molecule has 0 bridgehead atoms. The highest BCUT2D eigenvalue weighted by atomic mass is 32.1. The predicted molar refractivity (Wildman–Crippen MR) is 85.7 cm³/mol. The topological polar surface area (TPSA) is 66.9 Å². The van der Waals surface area contributed by atoms with Gasteiger partial charge in [-0.15, -0.1) is 11.3 Å². The minimum Gasteiger partial charge on any atom is -0.370 e. The van der Waals surface area contributed by atoms with Crippen LogP contribution in [0.4, 0.5) is 5.82 Å². The molecule has 0 aliphatic carbocycles. The van der Waals surface area contributed by atoms with Crippen LogP contribution in [-0.2, 0) is 13.0 Å². The number of carbonyl (C=O) groups excluding carboxylic acids is 1. The van der Waals surface area contributed by atoms with Crippen molar-refractivity contribution >= 4 is 23.1 Å². The number of carbonyl (C=O) groups is 1. The maximum atomic E-state index is 12.3. The van der Waals surface area contributed by atoms with Crippen molar-refractivity contribution in [3.63, 3.8) is 0 Å². The minimum atomic E-state index is -0.0934. The highest BCUT2D eigenvalue weighted by Gasteiger charge is 2.10. The zero-order chi connectivity index (χ0) is 15.1. The lowest BCUT2D eigenvalue weighted by atomic mass is 10.1. The molecule has 0 fully saturated rings. The molecule has 0 atom stereocenters. The number of thiazole rings is 1. The number of anilines is 1. The maximum absolute atomic E-state index is 12.3. The van der Waals surface area contributed by atoms with Crippen molar-refractivity contribution in [2.24, 2.45) is 0 Å². The molecule has 5 nitrogen and oxygen atoms in total. The van der Waals surface area contributed by atoms with Gasteiger partial charge in [-0.2, -0.15) is 0 Å².